The summed E-state index contributed by atoms with van der Waals surface area (Å²) in [5.74, 6) is -0.271. The molecule has 1 aliphatic rings. The molecule has 0 atom stereocenters. The Morgan fingerprint density at radius 3 is 2.62 bits per heavy atom. The number of carbonyl (C=O) groups excluding carboxylic acids is 1. The van der Waals surface area contributed by atoms with Crippen molar-refractivity contribution in [2.45, 2.75) is 32.0 Å². The van der Waals surface area contributed by atoms with Gasteiger partial charge >= 0.3 is 0 Å². The van der Waals surface area contributed by atoms with Gasteiger partial charge in [-0.1, -0.05) is 24.3 Å². The van der Waals surface area contributed by atoms with Gasteiger partial charge in [0.1, 0.15) is 5.69 Å². The van der Waals surface area contributed by atoms with E-state index in [0.717, 1.165) is 24.0 Å². The lowest BCUT2D eigenvalue weighted by Crippen LogP contribution is -2.25. The molecule has 7 nitrogen and oxygen atoms in total. The Bertz CT molecular complexity index is 818. The average Bonchev–Trinajstić information content (AvgIpc) is 3.45. The lowest BCUT2D eigenvalue weighted by atomic mass is 10.1. The Hall–Kier alpha value is -2.93. The molecule has 1 aliphatic carbocycles. The highest BCUT2D eigenvalue weighted by molar-refractivity contribution is 5.96. The average molecular weight is 355 g/mol. The minimum absolute atomic E-state index is 0.113. The van der Waals surface area contributed by atoms with E-state index in [-0.39, 0.29) is 17.6 Å². The number of nitro benzene ring substituents is 1. The molecule has 1 fully saturated rings. The van der Waals surface area contributed by atoms with Crippen molar-refractivity contribution in [3.63, 3.8) is 0 Å². The van der Waals surface area contributed by atoms with E-state index < -0.39 is 4.92 Å². The van der Waals surface area contributed by atoms with Crippen LogP contribution in [0.4, 0.5) is 11.4 Å². The largest absolute Gasteiger partial charge is 0.380 e. The number of nitro groups is 1. The number of hydrogen-bond donors (Lipinski definition) is 2. The molecule has 7 heteroatoms. The Kier molecular flexibility index (Phi) is 5.48. The summed E-state index contributed by atoms with van der Waals surface area (Å²) in [7, 11) is 1.63. The zero-order valence-corrected chi connectivity index (χ0v) is 14.5. The molecule has 0 saturated heterocycles. The van der Waals surface area contributed by atoms with E-state index in [4.69, 9.17) is 4.74 Å². The fourth-order valence-electron chi connectivity index (χ4n) is 2.69. The second-order valence-electron chi connectivity index (χ2n) is 6.29. The van der Waals surface area contributed by atoms with Gasteiger partial charge in [-0.05, 0) is 36.1 Å². The maximum atomic E-state index is 12.1. The van der Waals surface area contributed by atoms with Crippen LogP contribution in [0.15, 0.2) is 42.5 Å². The van der Waals surface area contributed by atoms with Gasteiger partial charge in [-0.25, -0.2) is 0 Å². The molecule has 0 bridgehead atoms. The molecule has 2 aromatic carbocycles. The van der Waals surface area contributed by atoms with E-state index in [9.17, 15) is 14.9 Å². The van der Waals surface area contributed by atoms with Crippen molar-refractivity contribution in [1.82, 2.24) is 5.32 Å². The number of rotatable bonds is 8. The Morgan fingerprint density at radius 1 is 1.23 bits per heavy atom. The third-order valence-electron chi connectivity index (χ3n) is 4.26. The minimum Gasteiger partial charge on any atom is -0.380 e. The van der Waals surface area contributed by atoms with Crippen LogP contribution in [-0.2, 0) is 17.9 Å². The molecule has 0 spiro atoms. The van der Waals surface area contributed by atoms with Crippen LogP contribution in [0.25, 0.3) is 0 Å². The first-order valence-electron chi connectivity index (χ1n) is 8.47. The summed E-state index contributed by atoms with van der Waals surface area (Å²) in [4.78, 5) is 23.1. The van der Waals surface area contributed by atoms with Crippen LogP contribution in [-0.4, -0.2) is 24.0 Å². The topological polar surface area (TPSA) is 93.5 Å². The summed E-state index contributed by atoms with van der Waals surface area (Å²) in [6.07, 6.45) is 1.93. The number of ether oxygens (including phenoxy) is 1. The van der Waals surface area contributed by atoms with E-state index in [2.05, 4.69) is 10.6 Å². The Labute approximate surface area is 151 Å². The lowest BCUT2D eigenvalue weighted by Gasteiger charge is -2.12. The van der Waals surface area contributed by atoms with Gasteiger partial charge in [-0.2, -0.15) is 0 Å². The summed E-state index contributed by atoms with van der Waals surface area (Å²) in [6, 6.07) is 12.5. The van der Waals surface area contributed by atoms with Crippen LogP contribution in [0.5, 0.6) is 0 Å². The molecule has 136 valence electrons. The van der Waals surface area contributed by atoms with Crippen molar-refractivity contribution in [3.8, 4) is 0 Å². The summed E-state index contributed by atoms with van der Waals surface area (Å²) in [5, 5.41) is 17.4. The molecule has 0 radical (unpaired) electrons. The molecule has 26 heavy (non-hydrogen) atoms. The molecule has 0 aromatic heterocycles. The number of carbonyl (C=O) groups is 1. The van der Waals surface area contributed by atoms with Crippen LogP contribution in [0.2, 0.25) is 0 Å². The normalized spacial score (nSPS) is 13.3. The van der Waals surface area contributed by atoms with Gasteiger partial charge in [0.2, 0.25) is 0 Å². The molecule has 0 unspecified atom stereocenters. The van der Waals surface area contributed by atoms with Crippen molar-refractivity contribution in [3.05, 3.63) is 69.3 Å². The second kappa shape index (κ2) is 7.97. The smallest absolute Gasteiger partial charge is 0.293 e. The number of nitrogens with zero attached hydrogens (tertiary/aromatic N) is 1. The fraction of sp³-hybridized carbons (Fsp3) is 0.316. The van der Waals surface area contributed by atoms with Gasteiger partial charge in [0.15, 0.2) is 0 Å². The molecule has 2 aromatic rings. The predicted molar refractivity (Wildman–Crippen MR) is 98.1 cm³/mol. The van der Waals surface area contributed by atoms with Crippen molar-refractivity contribution in [1.29, 1.82) is 0 Å². The highest BCUT2D eigenvalue weighted by atomic mass is 16.6. The van der Waals surface area contributed by atoms with Gasteiger partial charge in [0.25, 0.3) is 11.6 Å². The second-order valence-corrected chi connectivity index (χ2v) is 6.29. The summed E-state index contributed by atoms with van der Waals surface area (Å²) in [5.41, 5.74) is 2.58. The minimum atomic E-state index is -0.475. The number of anilines is 1. The highest BCUT2D eigenvalue weighted by Crippen LogP contribution is 2.27. The first-order valence-corrected chi connectivity index (χ1v) is 8.47. The maximum absolute atomic E-state index is 12.1. The van der Waals surface area contributed by atoms with Crippen LogP contribution < -0.4 is 10.6 Å². The zero-order valence-electron chi connectivity index (χ0n) is 14.5. The number of hydrogen-bond acceptors (Lipinski definition) is 5. The molecule has 0 aliphatic heterocycles. The summed E-state index contributed by atoms with van der Waals surface area (Å²) < 4.78 is 5.18. The van der Waals surface area contributed by atoms with Gasteiger partial charge in [0.05, 0.1) is 11.5 Å². The molecular formula is C19H21N3O4. The van der Waals surface area contributed by atoms with Gasteiger partial charge in [0, 0.05) is 31.3 Å². The monoisotopic (exact) mass is 355 g/mol. The van der Waals surface area contributed by atoms with Crippen LogP contribution in [0.1, 0.15) is 34.3 Å². The van der Waals surface area contributed by atoms with Gasteiger partial charge in [-0.3, -0.25) is 14.9 Å². The first-order chi connectivity index (χ1) is 12.6. The van der Waals surface area contributed by atoms with Gasteiger partial charge in [-0.15, -0.1) is 0 Å². The van der Waals surface area contributed by atoms with Crippen molar-refractivity contribution >= 4 is 17.3 Å². The van der Waals surface area contributed by atoms with Crippen molar-refractivity contribution in [2.24, 2.45) is 0 Å². The number of nitrogens with one attached hydrogen (secondary N) is 2. The summed E-state index contributed by atoms with van der Waals surface area (Å²) >= 11 is 0. The first kappa shape index (κ1) is 17.9. The zero-order chi connectivity index (χ0) is 18.5. The van der Waals surface area contributed by atoms with Crippen molar-refractivity contribution < 1.29 is 14.5 Å². The van der Waals surface area contributed by atoms with Crippen LogP contribution >= 0.6 is 0 Å². The third kappa shape index (κ3) is 4.37. The quantitative estimate of drug-likeness (QED) is 0.560. The van der Waals surface area contributed by atoms with E-state index in [1.165, 1.54) is 6.07 Å². The Morgan fingerprint density at radius 2 is 1.96 bits per heavy atom. The maximum Gasteiger partial charge on any atom is 0.293 e. The molecule has 1 amide bonds. The van der Waals surface area contributed by atoms with Crippen LogP contribution in [0, 0.1) is 10.1 Å². The summed E-state index contributed by atoms with van der Waals surface area (Å²) in [6.45, 7) is 0.897. The SMILES string of the molecule is COCc1ccccc1CNc1ccc(C(=O)NC2CC2)cc1[N+](=O)[O-]. The highest BCUT2D eigenvalue weighted by Gasteiger charge is 2.25. The lowest BCUT2D eigenvalue weighted by molar-refractivity contribution is -0.384. The fourth-order valence-corrected chi connectivity index (χ4v) is 2.69. The van der Waals surface area contributed by atoms with Crippen molar-refractivity contribution in [2.75, 3.05) is 12.4 Å². The molecule has 3 rings (SSSR count). The third-order valence-corrected chi connectivity index (χ3v) is 4.26. The van der Waals surface area contributed by atoms with E-state index in [1.807, 2.05) is 24.3 Å². The standard InChI is InChI=1S/C19H21N3O4/c1-26-12-15-5-3-2-4-14(15)11-20-17-9-6-13(10-18(17)22(24)25)19(23)21-16-7-8-16/h2-6,9-10,16,20H,7-8,11-12H2,1H3,(H,21,23). The number of benzene rings is 2. The van der Waals surface area contributed by atoms with E-state index in [1.54, 1.807) is 19.2 Å². The number of methoxy groups -OCH3 is 1. The molecule has 2 N–H and O–H groups in total. The molecule has 0 heterocycles. The number of amides is 1. The van der Waals surface area contributed by atoms with E-state index >= 15 is 0 Å². The predicted octanol–water partition coefficient (Wildman–Crippen LogP) is 3.25. The Balaban J connectivity index is 1.76. The van der Waals surface area contributed by atoms with Crippen LogP contribution in [0.3, 0.4) is 0 Å². The molecule has 1 saturated carbocycles. The van der Waals surface area contributed by atoms with Gasteiger partial charge < -0.3 is 15.4 Å². The van der Waals surface area contributed by atoms with E-state index in [0.29, 0.717) is 24.4 Å². The molecular weight excluding hydrogens is 334 g/mol.